The maximum Gasteiger partial charge on any atom is 0.0479 e. The molecule has 1 aliphatic rings. The van der Waals surface area contributed by atoms with Gasteiger partial charge < -0.3 is 5.73 Å². The second kappa shape index (κ2) is 2.83. The highest BCUT2D eigenvalue weighted by Gasteiger charge is 2.60. The molecule has 0 spiro atoms. The van der Waals surface area contributed by atoms with Crippen molar-refractivity contribution in [3.05, 3.63) is 33.8 Å². The molecule has 1 unspecified atom stereocenters. The van der Waals surface area contributed by atoms with Crippen molar-refractivity contribution in [1.29, 1.82) is 0 Å². The topological polar surface area (TPSA) is 26.0 Å². The molecular weight excluding hydrogens is 238 g/mol. The minimum atomic E-state index is -0.127. The van der Waals surface area contributed by atoms with Crippen molar-refractivity contribution in [3.8, 4) is 0 Å². The number of aryl methyl sites for hydroxylation is 1. The minimum absolute atomic E-state index is 0.127. The maximum absolute atomic E-state index is 6.39. The van der Waals surface area contributed by atoms with Crippen LogP contribution in [0.5, 0.6) is 0 Å². The summed E-state index contributed by atoms with van der Waals surface area (Å²) in [6.45, 7) is 6.55. The Balaban J connectivity index is 2.48. The summed E-state index contributed by atoms with van der Waals surface area (Å²) in [6.07, 6.45) is 1.07. The van der Waals surface area contributed by atoms with E-state index in [1.807, 2.05) is 0 Å². The van der Waals surface area contributed by atoms with Crippen LogP contribution in [0.2, 0.25) is 0 Å². The monoisotopic (exact) mass is 253 g/mol. The van der Waals surface area contributed by atoms with E-state index in [2.05, 4.69) is 54.9 Å². The van der Waals surface area contributed by atoms with Gasteiger partial charge in [-0.15, -0.1) is 0 Å². The summed E-state index contributed by atoms with van der Waals surface area (Å²) in [4.78, 5) is 0. The lowest BCUT2D eigenvalue weighted by atomic mass is 9.96. The molecule has 1 aromatic rings. The number of hydrogen-bond donors (Lipinski definition) is 1. The lowest BCUT2D eigenvalue weighted by molar-refractivity contribution is 0.508. The predicted molar refractivity (Wildman–Crippen MR) is 63.1 cm³/mol. The largest absolute Gasteiger partial charge is 0.321 e. The predicted octanol–water partition coefficient (Wildman–Crippen LogP) is 3.34. The highest BCUT2D eigenvalue weighted by Crippen LogP contribution is 2.61. The first kappa shape index (κ1) is 10.2. The molecule has 1 aliphatic carbocycles. The Morgan fingerprint density at radius 2 is 1.93 bits per heavy atom. The zero-order chi connectivity index (χ0) is 10.6. The molecule has 2 heteroatoms. The van der Waals surface area contributed by atoms with Crippen molar-refractivity contribution in [2.45, 2.75) is 32.7 Å². The summed E-state index contributed by atoms with van der Waals surface area (Å²) >= 11 is 3.58. The van der Waals surface area contributed by atoms with Crippen LogP contribution in [-0.4, -0.2) is 0 Å². The number of nitrogens with two attached hydrogens (primary N) is 1. The van der Waals surface area contributed by atoms with E-state index in [-0.39, 0.29) is 11.0 Å². The number of rotatable bonds is 1. The van der Waals surface area contributed by atoms with E-state index in [1.54, 1.807) is 0 Å². The van der Waals surface area contributed by atoms with E-state index >= 15 is 0 Å². The van der Waals surface area contributed by atoms with Crippen molar-refractivity contribution in [3.63, 3.8) is 0 Å². The van der Waals surface area contributed by atoms with Crippen molar-refractivity contribution >= 4 is 15.9 Å². The SMILES string of the molecule is Cc1ccc(Br)c(C2(N)CC2(C)C)c1. The van der Waals surface area contributed by atoms with Crippen LogP contribution in [-0.2, 0) is 5.54 Å². The Kier molecular flexibility index (Phi) is 2.06. The van der Waals surface area contributed by atoms with E-state index < -0.39 is 0 Å². The molecule has 1 fully saturated rings. The fraction of sp³-hybridized carbons (Fsp3) is 0.500. The molecule has 0 aromatic heterocycles. The Bertz CT molecular complexity index is 384. The number of hydrogen-bond acceptors (Lipinski definition) is 1. The van der Waals surface area contributed by atoms with Crippen LogP contribution < -0.4 is 5.73 Å². The van der Waals surface area contributed by atoms with Gasteiger partial charge in [0.2, 0.25) is 0 Å². The van der Waals surface area contributed by atoms with E-state index in [0.717, 1.165) is 10.9 Å². The quantitative estimate of drug-likeness (QED) is 0.817. The summed E-state index contributed by atoms with van der Waals surface area (Å²) in [5, 5.41) is 0. The van der Waals surface area contributed by atoms with Crippen molar-refractivity contribution < 1.29 is 0 Å². The molecule has 1 atom stereocenters. The molecule has 0 bridgehead atoms. The molecule has 76 valence electrons. The lowest BCUT2D eigenvalue weighted by Crippen LogP contribution is -2.26. The molecule has 0 amide bonds. The van der Waals surface area contributed by atoms with Crippen molar-refractivity contribution in [2.75, 3.05) is 0 Å². The summed E-state index contributed by atoms with van der Waals surface area (Å²) in [7, 11) is 0. The number of halogens is 1. The van der Waals surface area contributed by atoms with E-state index in [4.69, 9.17) is 5.73 Å². The summed E-state index contributed by atoms with van der Waals surface area (Å²) in [6, 6.07) is 6.39. The highest BCUT2D eigenvalue weighted by atomic mass is 79.9. The summed E-state index contributed by atoms with van der Waals surface area (Å²) < 4.78 is 1.14. The van der Waals surface area contributed by atoms with E-state index in [1.165, 1.54) is 11.1 Å². The normalized spacial score (nSPS) is 28.9. The molecule has 0 radical (unpaired) electrons. The van der Waals surface area contributed by atoms with Gasteiger partial charge in [0.25, 0.3) is 0 Å². The van der Waals surface area contributed by atoms with Gasteiger partial charge in [-0.2, -0.15) is 0 Å². The first-order valence-electron chi connectivity index (χ1n) is 4.92. The molecule has 1 nitrogen and oxygen atoms in total. The third kappa shape index (κ3) is 1.32. The molecule has 14 heavy (non-hydrogen) atoms. The zero-order valence-electron chi connectivity index (χ0n) is 8.89. The second-order valence-corrected chi connectivity index (χ2v) is 5.87. The number of benzene rings is 1. The summed E-state index contributed by atoms with van der Waals surface area (Å²) in [5.41, 5.74) is 9.02. The van der Waals surface area contributed by atoms with Gasteiger partial charge in [-0.1, -0.05) is 47.5 Å². The van der Waals surface area contributed by atoms with Gasteiger partial charge in [0.15, 0.2) is 0 Å². The standard InChI is InChI=1S/C12H16BrN/c1-8-4-5-10(13)9(6-8)12(14)7-11(12,2)3/h4-6H,7,14H2,1-3H3. The van der Waals surface area contributed by atoms with Gasteiger partial charge >= 0.3 is 0 Å². The molecule has 1 aromatic carbocycles. The summed E-state index contributed by atoms with van der Waals surface area (Å²) in [5.74, 6) is 0. The van der Waals surface area contributed by atoms with E-state index in [0.29, 0.717) is 0 Å². The van der Waals surface area contributed by atoms with Gasteiger partial charge in [0.1, 0.15) is 0 Å². The molecule has 2 N–H and O–H groups in total. The maximum atomic E-state index is 6.39. The van der Waals surface area contributed by atoms with Gasteiger partial charge in [-0.05, 0) is 30.4 Å². The first-order chi connectivity index (χ1) is 6.37. The Hall–Kier alpha value is -0.340. The molecule has 0 saturated heterocycles. The lowest BCUT2D eigenvalue weighted by Gasteiger charge is -2.17. The zero-order valence-corrected chi connectivity index (χ0v) is 10.5. The smallest absolute Gasteiger partial charge is 0.0479 e. The van der Waals surface area contributed by atoms with E-state index in [9.17, 15) is 0 Å². The Labute approximate surface area is 93.8 Å². The fourth-order valence-corrected chi connectivity index (χ4v) is 2.69. The molecule has 0 aliphatic heterocycles. The van der Waals surface area contributed by atoms with Crippen LogP contribution in [0.1, 0.15) is 31.4 Å². The van der Waals surface area contributed by atoms with Crippen molar-refractivity contribution in [2.24, 2.45) is 11.1 Å². The third-order valence-electron chi connectivity index (χ3n) is 3.41. The average Bonchev–Trinajstić information content (AvgIpc) is 2.58. The first-order valence-corrected chi connectivity index (χ1v) is 5.72. The Morgan fingerprint density at radius 1 is 1.36 bits per heavy atom. The molecule has 2 rings (SSSR count). The van der Waals surface area contributed by atoms with Gasteiger partial charge in [-0.25, -0.2) is 0 Å². The molecular formula is C12H16BrN. The average molecular weight is 254 g/mol. The van der Waals surface area contributed by atoms with Gasteiger partial charge in [-0.3, -0.25) is 0 Å². The molecule has 0 heterocycles. The van der Waals surface area contributed by atoms with Gasteiger partial charge in [0.05, 0.1) is 0 Å². The van der Waals surface area contributed by atoms with Crippen LogP contribution in [0.15, 0.2) is 22.7 Å². The Morgan fingerprint density at radius 3 is 2.43 bits per heavy atom. The third-order valence-corrected chi connectivity index (χ3v) is 4.10. The van der Waals surface area contributed by atoms with Crippen LogP contribution in [0, 0.1) is 12.3 Å². The van der Waals surface area contributed by atoms with Gasteiger partial charge in [0, 0.05) is 10.0 Å². The van der Waals surface area contributed by atoms with Crippen LogP contribution in [0.4, 0.5) is 0 Å². The minimum Gasteiger partial charge on any atom is -0.321 e. The van der Waals surface area contributed by atoms with Crippen LogP contribution in [0.3, 0.4) is 0 Å². The van der Waals surface area contributed by atoms with Crippen molar-refractivity contribution in [1.82, 2.24) is 0 Å². The molecule has 1 saturated carbocycles. The second-order valence-electron chi connectivity index (χ2n) is 5.02. The van der Waals surface area contributed by atoms with Crippen LogP contribution >= 0.6 is 15.9 Å². The van der Waals surface area contributed by atoms with Crippen LogP contribution in [0.25, 0.3) is 0 Å². The fourth-order valence-electron chi connectivity index (χ4n) is 2.09. The highest BCUT2D eigenvalue weighted by molar-refractivity contribution is 9.10.